The van der Waals surface area contributed by atoms with E-state index in [9.17, 15) is 9.59 Å². The van der Waals surface area contributed by atoms with Crippen LogP contribution in [0.25, 0.3) is 0 Å². The van der Waals surface area contributed by atoms with Crippen LogP contribution in [0.5, 0.6) is 0 Å². The molecule has 2 amide bonds. The number of halogens is 1. The number of carbonyl (C=O) groups excluding carboxylic acids is 2. The molecule has 1 aliphatic heterocycles. The molecule has 23 heavy (non-hydrogen) atoms. The number of aryl methyl sites for hydroxylation is 1. The number of aromatic nitrogens is 1. The number of nitrogens with one attached hydrogen (secondary N) is 1. The summed E-state index contributed by atoms with van der Waals surface area (Å²) in [4.78, 5) is 30.7. The molecule has 118 valence electrons. The van der Waals surface area contributed by atoms with E-state index in [1.54, 1.807) is 17.2 Å². The lowest BCUT2D eigenvalue weighted by Gasteiger charge is -2.17. The number of nitrogens with zero attached hydrogens (tertiary/aromatic N) is 2. The fraction of sp³-hybridized carbons (Fsp3) is 0.235. The summed E-state index contributed by atoms with van der Waals surface area (Å²) in [6.07, 6.45) is 2.14. The molecule has 3 rings (SSSR count). The summed E-state index contributed by atoms with van der Waals surface area (Å²) in [5, 5.41) is 2.73. The second-order valence-electron chi connectivity index (χ2n) is 5.52. The second-order valence-corrected chi connectivity index (χ2v) is 6.43. The van der Waals surface area contributed by atoms with Gasteiger partial charge in [0.2, 0.25) is 11.8 Å². The number of benzene rings is 1. The van der Waals surface area contributed by atoms with Gasteiger partial charge in [-0.25, -0.2) is 4.98 Å². The monoisotopic (exact) mass is 373 g/mol. The summed E-state index contributed by atoms with van der Waals surface area (Å²) < 4.78 is 0.902. The Hall–Kier alpha value is -2.21. The molecule has 2 aromatic rings. The van der Waals surface area contributed by atoms with Crippen LogP contribution in [0.4, 0.5) is 11.5 Å². The van der Waals surface area contributed by atoms with E-state index in [0.717, 1.165) is 15.7 Å². The van der Waals surface area contributed by atoms with Gasteiger partial charge in [-0.05, 0) is 49.2 Å². The predicted octanol–water partition coefficient (Wildman–Crippen LogP) is 3.14. The van der Waals surface area contributed by atoms with Crippen LogP contribution >= 0.6 is 15.9 Å². The smallest absolute Gasteiger partial charge is 0.239 e. The van der Waals surface area contributed by atoms with Crippen molar-refractivity contribution in [1.29, 1.82) is 0 Å². The van der Waals surface area contributed by atoms with E-state index in [1.165, 1.54) is 0 Å². The molecule has 1 aliphatic rings. The van der Waals surface area contributed by atoms with Crippen LogP contribution < -0.4 is 10.2 Å². The van der Waals surface area contributed by atoms with E-state index >= 15 is 0 Å². The first kappa shape index (κ1) is 15.7. The SMILES string of the molecule is Cc1ccnc(NC(=O)C2CCN(c3cccc(Br)c3)C2=O)c1. The zero-order chi connectivity index (χ0) is 16.4. The molecule has 1 atom stereocenters. The van der Waals surface area contributed by atoms with Crippen molar-refractivity contribution in [3.05, 3.63) is 52.6 Å². The van der Waals surface area contributed by atoms with Crippen molar-refractivity contribution in [3.8, 4) is 0 Å². The normalized spacial score (nSPS) is 17.4. The first-order chi connectivity index (χ1) is 11.0. The van der Waals surface area contributed by atoms with Crippen LogP contribution in [0.3, 0.4) is 0 Å². The summed E-state index contributed by atoms with van der Waals surface area (Å²) >= 11 is 3.40. The Morgan fingerprint density at radius 2 is 2.17 bits per heavy atom. The second kappa shape index (κ2) is 6.50. The average molecular weight is 374 g/mol. The molecule has 1 saturated heterocycles. The zero-order valence-electron chi connectivity index (χ0n) is 12.6. The standard InChI is InChI=1S/C17H16BrN3O2/c1-11-5-7-19-15(9-11)20-16(22)14-6-8-21(17(14)23)13-4-2-3-12(18)10-13/h2-5,7,9-10,14H,6,8H2,1H3,(H,19,20,22). The lowest BCUT2D eigenvalue weighted by molar-refractivity contribution is -0.129. The maximum absolute atomic E-state index is 12.5. The molecular weight excluding hydrogens is 358 g/mol. The molecule has 6 heteroatoms. The molecule has 1 aromatic heterocycles. The molecule has 0 bridgehead atoms. The van der Waals surface area contributed by atoms with Gasteiger partial charge in [0.25, 0.3) is 0 Å². The predicted molar refractivity (Wildman–Crippen MR) is 92.2 cm³/mol. The van der Waals surface area contributed by atoms with Crippen LogP contribution in [0.2, 0.25) is 0 Å². The van der Waals surface area contributed by atoms with Crippen molar-refractivity contribution in [1.82, 2.24) is 4.98 Å². The van der Waals surface area contributed by atoms with E-state index in [4.69, 9.17) is 0 Å². The van der Waals surface area contributed by atoms with E-state index in [2.05, 4.69) is 26.2 Å². The maximum atomic E-state index is 12.5. The molecule has 0 radical (unpaired) electrons. The largest absolute Gasteiger partial charge is 0.312 e. The van der Waals surface area contributed by atoms with Gasteiger partial charge in [0.1, 0.15) is 11.7 Å². The Balaban J connectivity index is 1.72. The minimum Gasteiger partial charge on any atom is -0.312 e. The van der Waals surface area contributed by atoms with Gasteiger partial charge in [-0.1, -0.05) is 22.0 Å². The molecule has 1 aromatic carbocycles. The number of amides is 2. The fourth-order valence-corrected chi connectivity index (χ4v) is 3.03. The molecular formula is C17H16BrN3O2. The molecule has 1 unspecified atom stereocenters. The summed E-state index contributed by atoms with van der Waals surface area (Å²) in [5.74, 6) is -0.668. The molecule has 0 aliphatic carbocycles. The topological polar surface area (TPSA) is 62.3 Å². The van der Waals surface area contributed by atoms with Gasteiger partial charge >= 0.3 is 0 Å². The number of rotatable bonds is 3. The van der Waals surface area contributed by atoms with E-state index < -0.39 is 5.92 Å². The zero-order valence-corrected chi connectivity index (χ0v) is 14.2. The van der Waals surface area contributed by atoms with Gasteiger partial charge in [0.05, 0.1) is 0 Å². The van der Waals surface area contributed by atoms with Gasteiger partial charge in [-0.2, -0.15) is 0 Å². The fourth-order valence-electron chi connectivity index (χ4n) is 2.64. The van der Waals surface area contributed by atoms with Gasteiger partial charge in [0, 0.05) is 22.9 Å². The Labute approximate surface area is 142 Å². The number of hydrogen-bond donors (Lipinski definition) is 1. The molecule has 2 heterocycles. The first-order valence-electron chi connectivity index (χ1n) is 7.35. The molecule has 5 nitrogen and oxygen atoms in total. The van der Waals surface area contributed by atoms with Crippen LogP contribution in [0.15, 0.2) is 47.1 Å². The number of anilines is 2. The lowest BCUT2D eigenvalue weighted by Crippen LogP contribution is -2.33. The van der Waals surface area contributed by atoms with Gasteiger partial charge in [0.15, 0.2) is 0 Å². The van der Waals surface area contributed by atoms with E-state index in [-0.39, 0.29) is 11.8 Å². The van der Waals surface area contributed by atoms with E-state index in [1.807, 2.05) is 37.3 Å². The van der Waals surface area contributed by atoms with Crippen molar-refractivity contribution < 1.29 is 9.59 Å². The first-order valence-corrected chi connectivity index (χ1v) is 8.14. The van der Waals surface area contributed by atoms with Crippen LogP contribution in [-0.4, -0.2) is 23.3 Å². The highest BCUT2D eigenvalue weighted by molar-refractivity contribution is 9.10. The summed E-state index contributed by atoms with van der Waals surface area (Å²) in [5.41, 5.74) is 1.80. The number of carbonyl (C=O) groups is 2. The highest BCUT2D eigenvalue weighted by Gasteiger charge is 2.37. The lowest BCUT2D eigenvalue weighted by atomic mass is 10.1. The quantitative estimate of drug-likeness (QED) is 0.840. The van der Waals surface area contributed by atoms with Crippen LogP contribution in [-0.2, 0) is 9.59 Å². The highest BCUT2D eigenvalue weighted by atomic mass is 79.9. The number of pyridine rings is 1. The number of hydrogen-bond acceptors (Lipinski definition) is 3. The van der Waals surface area contributed by atoms with Crippen LogP contribution in [0.1, 0.15) is 12.0 Å². The maximum Gasteiger partial charge on any atom is 0.239 e. The van der Waals surface area contributed by atoms with Gasteiger partial charge in [-0.15, -0.1) is 0 Å². The highest BCUT2D eigenvalue weighted by Crippen LogP contribution is 2.28. The minimum atomic E-state index is -0.670. The Morgan fingerprint density at radius 1 is 1.35 bits per heavy atom. The average Bonchev–Trinajstić information content (AvgIpc) is 2.89. The molecule has 0 saturated carbocycles. The van der Waals surface area contributed by atoms with Crippen molar-refractivity contribution in [2.24, 2.45) is 5.92 Å². The molecule has 0 spiro atoms. The summed E-state index contributed by atoms with van der Waals surface area (Å²) in [7, 11) is 0. The van der Waals surface area contributed by atoms with Crippen molar-refractivity contribution in [2.45, 2.75) is 13.3 Å². The van der Waals surface area contributed by atoms with Gasteiger partial charge in [-0.3, -0.25) is 9.59 Å². The summed E-state index contributed by atoms with van der Waals surface area (Å²) in [6.45, 7) is 2.46. The molecule has 1 fully saturated rings. The third-order valence-electron chi connectivity index (χ3n) is 3.81. The van der Waals surface area contributed by atoms with Crippen LogP contribution in [0, 0.1) is 12.8 Å². The van der Waals surface area contributed by atoms with Crippen molar-refractivity contribution >= 4 is 39.2 Å². The Kier molecular flexibility index (Phi) is 4.43. The van der Waals surface area contributed by atoms with Gasteiger partial charge < -0.3 is 10.2 Å². The Bertz CT molecular complexity index is 763. The Morgan fingerprint density at radius 3 is 2.91 bits per heavy atom. The third kappa shape index (κ3) is 3.42. The van der Waals surface area contributed by atoms with Crippen molar-refractivity contribution in [3.63, 3.8) is 0 Å². The molecule has 1 N–H and O–H groups in total. The summed E-state index contributed by atoms with van der Waals surface area (Å²) in [6, 6.07) is 11.1. The van der Waals surface area contributed by atoms with E-state index in [0.29, 0.717) is 18.8 Å². The minimum absolute atomic E-state index is 0.173. The van der Waals surface area contributed by atoms with Crippen molar-refractivity contribution in [2.75, 3.05) is 16.8 Å². The third-order valence-corrected chi connectivity index (χ3v) is 4.30.